The molecule has 1 unspecified atom stereocenters. The largest absolute Gasteiger partial charge is 0.483 e. The van der Waals surface area contributed by atoms with E-state index in [4.69, 9.17) is 10.00 Å². The third-order valence-corrected chi connectivity index (χ3v) is 2.88. The van der Waals surface area contributed by atoms with Gasteiger partial charge in [-0.1, -0.05) is 0 Å². The molecule has 0 heterocycles. The lowest BCUT2D eigenvalue weighted by Gasteiger charge is -2.15. The van der Waals surface area contributed by atoms with Crippen LogP contribution >= 0.6 is 0 Å². The lowest BCUT2D eigenvalue weighted by Crippen LogP contribution is -2.36. The lowest BCUT2D eigenvalue weighted by atomic mass is 10.2. The molecule has 0 saturated carbocycles. The first-order valence-electron chi connectivity index (χ1n) is 7.05. The first kappa shape index (κ1) is 19.6. The molecule has 0 aromatic heterocycles. The van der Waals surface area contributed by atoms with Gasteiger partial charge < -0.3 is 20.1 Å². The van der Waals surface area contributed by atoms with E-state index >= 15 is 0 Å². The molecule has 0 fully saturated rings. The monoisotopic (exact) mass is 345 g/mol. The number of methoxy groups -OCH3 is 1. The molecule has 0 bridgehead atoms. The Kier molecular flexibility index (Phi) is 7.32. The van der Waals surface area contributed by atoms with Crippen molar-refractivity contribution in [3.05, 3.63) is 23.8 Å². The minimum Gasteiger partial charge on any atom is -0.483 e. The summed E-state index contributed by atoms with van der Waals surface area (Å²) in [4.78, 5) is 11.8. The van der Waals surface area contributed by atoms with E-state index in [0.717, 1.165) is 0 Å². The fraction of sp³-hybridized carbons (Fsp3) is 0.467. The average molecular weight is 345 g/mol. The van der Waals surface area contributed by atoms with Crippen LogP contribution in [0.3, 0.4) is 0 Å². The SMILES string of the molecule is COCCC(C)NC(=O)Nc1ccc(OCC(F)(F)F)c(C#N)c1. The molecule has 0 radical (unpaired) electrons. The number of hydrogen-bond acceptors (Lipinski definition) is 4. The van der Waals surface area contributed by atoms with Gasteiger partial charge in [0, 0.05) is 25.4 Å². The maximum absolute atomic E-state index is 12.2. The second kappa shape index (κ2) is 8.98. The average Bonchev–Trinajstić information content (AvgIpc) is 2.50. The van der Waals surface area contributed by atoms with E-state index in [2.05, 4.69) is 15.4 Å². The minimum absolute atomic E-state index is 0.107. The Morgan fingerprint density at radius 1 is 1.42 bits per heavy atom. The third kappa shape index (κ3) is 7.19. The van der Waals surface area contributed by atoms with Gasteiger partial charge in [0.25, 0.3) is 0 Å². The highest BCUT2D eigenvalue weighted by atomic mass is 19.4. The maximum Gasteiger partial charge on any atom is 0.422 e. The van der Waals surface area contributed by atoms with Crippen LogP contribution in [-0.2, 0) is 4.74 Å². The third-order valence-electron chi connectivity index (χ3n) is 2.88. The summed E-state index contributed by atoms with van der Waals surface area (Å²) >= 11 is 0. The summed E-state index contributed by atoms with van der Waals surface area (Å²) in [5.74, 6) is -0.200. The number of carbonyl (C=O) groups is 1. The molecular formula is C15H18F3N3O3. The summed E-state index contributed by atoms with van der Waals surface area (Å²) in [5, 5.41) is 14.2. The predicted octanol–water partition coefficient (Wildman–Crippen LogP) is 3.05. The molecule has 0 saturated heterocycles. The normalized spacial score (nSPS) is 12.2. The molecule has 1 rings (SSSR count). The summed E-state index contributed by atoms with van der Waals surface area (Å²) in [6.45, 7) is 0.796. The van der Waals surface area contributed by atoms with Crippen molar-refractivity contribution in [2.45, 2.75) is 25.6 Å². The number of nitrogens with zero attached hydrogens (tertiary/aromatic N) is 1. The van der Waals surface area contributed by atoms with Crippen molar-refractivity contribution in [1.82, 2.24) is 5.32 Å². The van der Waals surface area contributed by atoms with Gasteiger partial charge in [-0.15, -0.1) is 0 Å². The molecule has 2 N–H and O–H groups in total. The summed E-state index contributed by atoms with van der Waals surface area (Å²) in [7, 11) is 1.55. The van der Waals surface area contributed by atoms with Crippen LogP contribution in [0.15, 0.2) is 18.2 Å². The second-order valence-electron chi connectivity index (χ2n) is 5.01. The Labute approximate surface area is 137 Å². The number of halogens is 3. The zero-order chi connectivity index (χ0) is 18.2. The smallest absolute Gasteiger partial charge is 0.422 e. The van der Waals surface area contributed by atoms with Crippen molar-refractivity contribution in [3.63, 3.8) is 0 Å². The highest BCUT2D eigenvalue weighted by Crippen LogP contribution is 2.24. The van der Waals surface area contributed by atoms with Crippen molar-refractivity contribution in [1.29, 1.82) is 5.26 Å². The Morgan fingerprint density at radius 2 is 2.12 bits per heavy atom. The van der Waals surface area contributed by atoms with Crippen LogP contribution in [-0.4, -0.2) is 38.6 Å². The Morgan fingerprint density at radius 3 is 2.71 bits per heavy atom. The molecule has 9 heteroatoms. The van der Waals surface area contributed by atoms with Crippen LogP contribution < -0.4 is 15.4 Å². The Hall–Kier alpha value is -2.47. The fourth-order valence-electron chi connectivity index (χ4n) is 1.74. The number of carbonyl (C=O) groups excluding carboxylic acids is 1. The van der Waals surface area contributed by atoms with Crippen molar-refractivity contribution in [2.24, 2.45) is 0 Å². The molecule has 0 aliphatic rings. The van der Waals surface area contributed by atoms with Crippen LogP contribution in [0, 0.1) is 11.3 Å². The molecule has 0 aliphatic carbocycles. The van der Waals surface area contributed by atoms with Gasteiger partial charge in [0.1, 0.15) is 11.8 Å². The van der Waals surface area contributed by atoms with E-state index in [1.807, 2.05) is 0 Å². The summed E-state index contributed by atoms with van der Waals surface area (Å²) in [6.07, 6.45) is -3.88. The van der Waals surface area contributed by atoms with Crippen molar-refractivity contribution in [2.75, 3.05) is 25.6 Å². The lowest BCUT2D eigenvalue weighted by molar-refractivity contribution is -0.153. The second-order valence-corrected chi connectivity index (χ2v) is 5.01. The van der Waals surface area contributed by atoms with Crippen molar-refractivity contribution in [3.8, 4) is 11.8 Å². The number of nitrogens with one attached hydrogen (secondary N) is 2. The van der Waals surface area contributed by atoms with Gasteiger partial charge in [0.2, 0.25) is 0 Å². The number of urea groups is 1. The number of benzene rings is 1. The van der Waals surface area contributed by atoms with Gasteiger partial charge in [0.05, 0.1) is 5.56 Å². The number of anilines is 1. The van der Waals surface area contributed by atoms with Gasteiger partial charge in [-0.2, -0.15) is 18.4 Å². The molecule has 24 heavy (non-hydrogen) atoms. The van der Waals surface area contributed by atoms with Crippen molar-refractivity contribution >= 4 is 11.7 Å². The number of nitriles is 1. The van der Waals surface area contributed by atoms with Gasteiger partial charge in [-0.3, -0.25) is 0 Å². The van der Waals surface area contributed by atoms with E-state index in [1.165, 1.54) is 18.2 Å². The molecule has 1 atom stereocenters. The summed E-state index contributed by atoms with van der Waals surface area (Å²) in [5.41, 5.74) is 0.159. The number of rotatable bonds is 7. The first-order chi connectivity index (χ1) is 11.2. The molecule has 0 aliphatic heterocycles. The first-order valence-corrected chi connectivity index (χ1v) is 7.05. The van der Waals surface area contributed by atoms with Crippen molar-refractivity contribution < 1.29 is 27.4 Å². The summed E-state index contributed by atoms with van der Waals surface area (Å²) < 4.78 is 45.9. The topological polar surface area (TPSA) is 83.4 Å². The Bertz CT molecular complexity index is 600. The van der Waals surface area contributed by atoms with E-state index in [-0.39, 0.29) is 23.0 Å². The van der Waals surface area contributed by atoms with Gasteiger partial charge >= 0.3 is 12.2 Å². The minimum atomic E-state index is -4.50. The van der Waals surface area contributed by atoms with Crippen LogP contribution in [0.2, 0.25) is 0 Å². The fourth-order valence-corrected chi connectivity index (χ4v) is 1.74. The zero-order valence-corrected chi connectivity index (χ0v) is 13.2. The standard InChI is InChI=1S/C15H18F3N3O3/c1-10(5-6-23-2)20-14(22)21-12-3-4-13(11(7-12)8-19)24-9-15(16,17)18/h3-4,7,10H,5-6,9H2,1-2H3,(H2,20,21,22). The molecule has 1 aromatic carbocycles. The molecule has 2 amide bonds. The highest BCUT2D eigenvalue weighted by Gasteiger charge is 2.28. The molecular weight excluding hydrogens is 327 g/mol. The quantitative estimate of drug-likeness (QED) is 0.796. The van der Waals surface area contributed by atoms with Crippen LogP contribution in [0.1, 0.15) is 18.9 Å². The van der Waals surface area contributed by atoms with E-state index < -0.39 is 18.8 Å². The predicted molar refractivity (Wildman–Crippen MR) is 80.8 cm³/mol. The van der Waals surface area contributed by atoms with Gasteiger partial charge in [0.15, 0.2) is 6.61 Å². The maximum atomic E-state index is 12.2. The number of hydrogen-bond donors (Lipinski definition) is 2. The van der Waals surface area contributed by atoms with Crippen LogP contribution in [0.4, 0.5) is 23.7 Å². The van der Waals surface area contributed by atoms with E-state index in [1.54, 1.807) is 20.1 Å². The number of amides is 2. The Balaban J connectivity index is 2.67. The molecule has 132 valence electrons. The van der Waals surface area contributed by atoms with Gasteiger partial charge in [-0.25, -0.2) is 4.79 Å². The van der Waals surface area contributed by atoms with Gasteiger partial charge in [-0.05, 0) is 31.5 Å². The molecule has 6 nitrogen and oxygen atoms in total. The zero-order valence-electron chi connectivity index (χ0n) is 13.2. The van der Waals surface area contributed by atoms with E-state index in [0.29, 0.717) is 13.0 Å². The number of alkyl halides is 3. The highest BCUT2D eigenvalue weighted by molar-refractivity contribution is 5.89. The van der Waals surface area contributed by atoms with Crippen LogP contribution in [0.25, 0.3) is 0 Å². The van der Waals surface area contributed by atoms with Crippen LogP contribution in [0.5, 0.6) is 5.75 Å². The molecule has 1 aromatic rings. The number of ether oxygens (including phenoxy) is 2. The molecule has 0 spiro atoms. The van der Waals surface area contributed by atoms with E-state index in [9.17, 15) is 18.0 Å². The summed E-state index contributed by atoms with van der Waals surface area (Å²) in [6, 6.07) is 4.91.